The van der Waals surface area contributed by atoms with Crippen LogP contribution in [0.3, 0.4) is 0 Å². The lowest BCUT2D eigenvalue weighted by atomic mass is 9.95. The summed E-state index contributed by atoms with van der Waals surface area (Å²) in [6.07, 6.45) is 0. The van der Waals surface area contributed by atoms with E-state index in [4.69, 9.17) is 27.9 Å². The van der Waals surface area contributed by atoms with E-state index in [1.807, 2.05) is 42.5 Å². The largest absolute Gasteiger partial charge is 0.465 e. The maximum absolute atomic E-state index is 12.2. The van der Waals surface area contributed by atoms with Crippen LogP contribution in [0.2, 0.25) is 10.0 Å². The lowest BCUT2D eigenvalue weighted by Crippen LogP contribution is -2.29. The monoisotopic (exact) mass is 400 g/mol. The van der Waals surface area contributed by atoms with Crippen molar-refractivity contribution in [1.82, 2.24) is 5.43 Å². The summed E-state index contributed by atoms with van der Waals surface area (Å²) >= 11 is 12.2. The number of rotatable bonds is 6. The molecule has 0 saturated heterocycles. The molecule has 0 bridgehead atoms. The summed E-state index contributed by atoms with van der Waals surface area (Å²) in [5.74, 6) is -0.391. The predicted molar refractivity (Wildman–Crippen MR) is 109 cm³/mol. The van der Waals surface area contributed by atoms with Gasteiger partial charge in [0.05, 0.1) is 29.4 Å². The second-order valence-corrected chi connectivity index (χ2v) is 6.66. The molecule has 3 rings (SSSR count). The van der Waals surface area contributed by atoms with Gasteiger partial charge in [-0.1, -0.05) is 71.7 Å². The molecular formula is C21H18Cl2N2O2. The summed E-state index contributed by atoms with van der Waals surface area (Å²) in [6, 6.07) is 22.0. The third-order valence-electron chi connectivity index (χ3n) is 4.09. The van der Waals surface area contributed by atoms with Crippen molar-refractivity contribution < 1.29 is 9.53 Å². The van der Waals surface area contributed by atoms with Gasteiger partial charge < -0.3 is 10.2 Å². The molecule has 2 N–H and O–H groups in total. The number of esters is 1. The maximum atomic E-state index is 12.2. The zero-order chi connectivity index (χ0) is 19.2. The van der Waals surface area contributed by atoms with Crippen LogP contribution in [0.15, 0.2) is 72.8 Å². The Bertz CT molecular complexity index is 932. The van der Waals surface area contributed by atoms with Crippen molar-refractivity contribution in [2.24, 2.45) is 0 Å². The van der Waals surface area contributed by atoms with Crippen molar-refractivity contribution >= 4 is 34.9 Å². The van der Waals surface area contributed by atoms with Gasteiger partial charge in [-0.3, -0.25) is 0 Å². The van der Waals surface area contributed by atoms with E-state index in [1.165, 1.54) is 7.11 Å². The molecular weight excluding hydrogens is 383 g/mol. The molecule has 0 aliphatic rings. The van der Waals surface area contributed by atoms with Crippen molar-refractivity contribution in [3.63, 3.8) is 0 Å². The van der Waals surface area contributed by atoms with Crippen LogP contribution in [0.1, 0.15) is 27.5 Å². The van der Waals surface area contributed by atoms with E-state index in [-0.39, 0.29) is 6.04 Å². The minimum Gasteiger partial charge on any atom is -0.465 e. The molecule has 0 heterocycles. The van der Waals surface area contributed by atoms with Gasteiger partial charge in [0.15, 0.2) is 0 Å². The Morgan fingerprint density at radius 3 is 2.37 bits per heavy atom. The number of benzene rings is 3. The fourth-order valence-corrected chi connectivity index (χ4v) is 3.23. The highest BCUT2D eigenvalue weighted by atomic mass is 35.5. The number of hydrogen-bond donors (Lipinski definition) is 2. The Morgan fingerprint density at radius 2 is 1.67 bits per heavy atom. The molecule has 0 aliphatic heterocycles. The van der Waals surface area contributed by atoms with E-state index in [1.54, 1.807) is 30.3 Å². The maximum Gasteiger partial charge on any atom is 0.338 e. The predicted octanol–water partition coefficient (Wildman–Crippen LogP) is 5.49. The van der Waals surface area contributed by atoms with Gasteiger partial charge in [0.1, 0.15) is 0 Å². The van der Waals surface area contributed by atoms with E-state index in [9.17, 15) is 4.79 Å². The Hall–Kier alpha value is -2.53. The molecule has 4 nitrogen and oxygen atoms in total. The van der Waals surface area contributed by atoms with E-state index < -0.39 is 5.97 Å². The molecule has 3 aromatic rings. The van der Waals surface area contributed by atoms with Crippen LogP contribution in [0.4, 0.5) is 5.69 Å². The molecule has 1 atom stereocenters. The molecule has 0 amide bonds. The van der Waals surface area contributed by atoms with Crippen LogP contribution >= 0.6 is 23.2 Å². The lowest BCUT2D eigenvalue weighted by molar-refractivity contribution is 0.0599. The molecule has 0 spiro atoms. The molecule has 0 aromatic heterocycles. The van der Waals surface area contributed by atoms with Gasteiger partial charge in [0.2, 0.25) is 0 Å². The van der Waals surface area contributed by atoms with Crippen molar-refractivity contribution in [2.45, 2.75) is 6.04 Å². The molecule has 0 fully saturated rings. The van der Waals surface area contributed by atoms with Crippen LogP contribution in [0, 0.1) is 0 Å². The van der Waals surface area contributed by atoms with Crippen molar-refractivity contribution in [3.05, 3.63) is 99.5 Å². The fourth-order valence-electron chi connectivity index (χ4n) is 2.77. The number of methoxy groups -OCH3 is 1. The van der Waals surface area contributed by atoms with E-state index in [0.29, 0.717) is 21.3 Å². The van der Waals surface area contributed by atoms with Crippen molar-refractivity contribution in [3.8, 4) is 0 Å². The Kier molecular flexibility index (Phi) is 6.35. The molecule has 0 saturated carbocycles. The molecule has 0 radical (unpaired) electrons. The highest BCUT2D eigenvalue weighted by Crippen LogP contribution is 2.28. The third kappa shape index (κ3) is 4.61. The Balaban J connectivity index is 1.97. The zero-order valence-electron chi connectivity index (χ0n) is 14.6. The molecule has 1 unspecified atom stereocenters. The first kappa shape index (κ1) is 19.2. The zero-order valence-corrected chi connectivity index (χ0v) is 16.1. The summed E-state index contributed by atoms with van der Waals surface area (Å²) in [7, 11) is 1.37. The first-order valence-electron chi connectivity index (χ1n) is 8.29. The average Bonchev–Trinajstić information content (AvgIpc) is 2.70. The van der Waals surface area contributed by atoms with Gasteiger partial charge in [-0.05, 0) is 35.4 Å². The number of hydrogen-bond acceptors (Lipinski definition) is 4. The number of nitrogens with one attached hydrogen (secondary N) is 2. The van der Waals surface area contributed by atoms with E-state index in [0.717, 1.165) is 11.1 Å². The highest BCUT2D eigenvalue weighted by molar-refractivity contribution is 6.36. The smallest absolute Gasteiger partial charge is 0.338 e. The number of anilines is 1. The van der Waals surface area contributed by atoms with Crippen LogP contribution in [-0.4, -0.2) is 13.1 Å². The molecule has 0 aliphatic carbocycles. The van der Waals surface area contributed by atoms with Gasteiger partial charge in [-0.25, -0.2) is 10.2 Å². The van der Waals surface area contributed by atoms with Crippen molar-refractivity contribution in [2.75, 3.05) is 12.5 Å². The summed E-state index contributed by atoms with van der Waals surface area (Å²) in [6.45, 7) is 0. The van der Waals surface area contributed by atoms with Gasteiger partial charge in [0, 0.05) is 5.02 Å². The normalized spacial score (nSPS) is 11.7. The van der Waals surface area contributed by atoms with Crippen LogP contribution in [-0.2, 0) is 4.74 Å². The summed E-state index contributed by atoms with van der Waals surface area (Å²) in [5, 5.41) is 1.05. The lowest BCUT2D eigenvalue weighted by Gasteiger charge is -2.23. The third-order valence-corrected chi connectivity index (χ3v) is 4.64. The number of ether oxygens (including phenoxy) is 1. The second-order valence-electron chi connectivity index (χ2n) is 5.82. The SMILES string of the molecule is COC(=O)c1ccccc1C(NNc1ccc(Cl)cc1Cl)c1ccccc1. The molecule has 138 valence electrons. The fraction of sp³-hybridized carbons (Fsp3) is 0.0952. The Labute approximate surface area is 168 Å². The average molecular weight is 401 g/mol. The van der Waals surface area contributed by atoms with Crippen molar-refractivity contribution in [1.29, 1.82) is 0 Å². The number of carbonyl (C=O) groups is 1. The standard InChI is InChI=1S/C21H18Cl2N2O2/c1-27-21(26)17-10-6-5-9-16(17)20(14-7-3-2-4-8-14)25-24-19-12-11-15(22)13-18(19)23/h2-13,20,24-25H,1H3. The molecule has 6 heteroatoms. The number of carbonyl (C=O) groups excluding carboxylic acids is 1. The van der Waals surface area contributed by atoms with Gasteiger partial charge in [-0.2, -0.15) is 0 Å². The first-order chi connectivity index (χ1) is 13.1. The van der Waals surface area contributed by atoms with Gasteiger partial charge in [-0.15, -0.1) is 0 Å². The second kappa shape index (κ2) is 8.91. The summed E-state index contributed by atoms with van der Waals surface area (Å²) in [5.41, 5.74) is 9.32. The van der Waals surface area contributed by atoms with E-state index in [2.05, 4.69) is 10.9 Å². The highest BCUT2D eigenvalue weighted by Gasteiger charge is 2.21. The summed E-state index contributed by atoms with van der Waals surface area (Å²) < 4.78 is 4.94. The molecule has 3 aromatic carbocycles. The van der Waals surface area contributed by atoms with Gasteiger partial charge >= 0.3 is 5.97 Å². The van der Waals surface area contributed by atoms with Crippen LogP contribution in [0.5, 0.6) is 0 Å². The Morgan fingerprint density at radius 1 is 0.963 bits per heavy atom. The minimum atomic E-state index is -0.391. The van der Waals surface area contributed by atoms with Crippen LogP contribution in [0.25, 0.3) is 0 Å². The van der Waals surface area contributed by atoms with Crippen LogP contribution < -0.4 is 10.9 Å². The summed E-state index contributed by atoms with van der Waals surface area (Å²) in [4.78, 5) is 12.2. The van der Waals surface area contributed by atoms with Gasteiger partial charge in [0.25, 0.3) is 0 Å². The quantitative estimate of drug-likeness (QED) is 0.424. The number of hydrazine groups is 1. The topological polar surface area (TPSA) is 50.4 Å². The first-order valence-corrected chi connectivity index (χ1v) is 9.04. The van der Waals surface area contributed by atoms with E-state index >= 15 is 0 Å². The number of halogens is 2. The molecule has 27 heavy (non-hydrogen) atoms. The minimum absolute atomic E-state index is 0.312.